The van der Waals surface area contributed by atoms with E-state index in [4.69, 9.17) is 0 Å². The molecule has 1 atom stereocenters. The smallest absolute Gasteiger partial charge is 0.135 e. The fourth-order valence-electron chi connectivity index (χ4n) is 2.15. The van der Waals surface area contributed by atoms with Crippen molar-refractivity contribution >= 4 is 0 Å². The Morgan fingerprint density at radius 1 is 0.947 bits per heavy atom. The molecule has 0 fully saturated rings. The number of aliphatic hydroxyl groups excluding tert-OH is 1. The summed E-state index contributed by atoms with van der Waals surface area (Å²) in [4.78, 5) is 0. The second-order valence-corrected chi connectivity index (χ2v) is 4.78. The van der Waals surface area contributed by atoms with Crippen LogP contribution in [0.25, 0.3) is 0 Å². The van der Waals surface area contributed by atoms with E-state index in [1.54, 1.807) is 19.1 Å². The Morgan fingerprint density at radius 2 is 1.63 bits per heavy atom. The van der Waals surface area contributed by atoms with Gasteiger partial charge in [0, 0.05) is 0 Å². The number of aliphatic hydroxyl groups is 1. The van der Waals surface area contributed by atoms with Gasteiger partial charge < -0.3 is 5.11 Å². The average molecular weight is 262 g/mol. The van der Waals surface area contributed by atoms with Gasteiger partial charge in [-0.3, -0.25) is 0 Å². The molecule has 0 radical (unpaired) electrons. The summed E-state index contributed by atoms with van der Waals surface area (Å²) in [6.07, 6.45) is -1.29. The lowest BCUT2D eigenvalue weighted by Crippen LogP contribution is -2.09. The van der Waals surface area contributed by atoms with Crippen molar-refractivity contribution in [3.05, 3.63) is 69.8 Å². The zero-order valence-electron chi connectivity index (χ0n) is 11.2. The predicted octanol–water partition coefficient (Wildman–Crippen LogP) is 3.97. The Kier molecular flexibility index (Phi) is 3.67. The van der Waals surface area contributed by atoms with Gasteiger partial charge >= 0.3 is 0 Å². The molecule has 3 heteroatoms. The highest BCUT2D eigenvalue weighted by Gasteiger charge is 2.22. The summed E-state index contributed by atoms with van der Waals surface area (Å²) in [5.74, 6) is -1.41. The van der Waals surface area contributed by atoms with Gasteiger partial charge in [0.15, 0.2) is 0 Å². The molecule has 1 unspecified atom stereocenters. The molecule has 0 aliphatic heterocycles. The van der Waals surface area contributed by atoms with Crippen LogP contribution in [0.2, 0.25) is 0 Å². The van der Waals surface area contributed by atoms with Gasteiger partial charge in [0.25, 0.3) is 0 Å². The van der Waals surface area contributed by atoms with Gasteiger partial charge in [-0.25, -0.2) is 8.78 Å². The zero-order valence-corrected chi connectivity index (χ0v) is 11.2. The van der Waals surface area contributed by atoms with Crippen molar-refractivity contribution < 1.29 is 13.9 Å². The van der Waals surface area contributed by atoms with Crippen LogP contribution in [0.4, 0.5) is 8.78 Å². The SMILES string of the molecule is Cc1cccc(C(O)c2c(F)ccc(C)c2F)c1C. The Morgan fingerprint density at radius 3 is 2.32 bits per heavy atom. The third-order valence-corrected chi connectivity index (χ3v) is 3.53. The fourth-order valence-corrected chi connectivity index (χ4v) is 2.15. The summed E-state index contributed by atoms with van der Waals surface area (Å²) in [5.41, 5.74) is 2.39. The molecule has 2 aromatic rings. The van der Waals surface area contributed by atoms with Crippen molar-refractivity contribution in [3.8, 4) is 0 Å². The summed E-state index contributed by atoms with van der Waals surface area (Å²) in [6.45, 7) is 5.28. The van der Waals surface area contributed by atoms with E-state index in [1.807, 2.05) is 19.9 Å². The third kappa shape index (κ3) is 2.38. The van der Waals surface area contributed by atoms with Gasteiger partial charge in [-0.1, -0.05) is 24.3 Å². The molecule has 0 spiro atoms. The van der Waals surface area contributed by atoms with Crippen LogP contribution < -0.4 is 0 Å². The molecule has 1 N–H and O–H groups in total. The van der Waals surface area contributed by atoms with E-state index in [0.29, 0.717) is 11.1 Å². The zero-order chi connectivity index (χ0) is 14.2. The number of benzene rings is 2. The second kappa shape index (κ2) is 5.10. The second-order valence-electron chi connectivity index (χ2n) is 4.78. The lowest BCUT2D eigenvalue weighted by atomic mass is 9.93. The molecule has 0 heterocycles. The monoisotopic (exact) mass is 262 g/mol. The molecule has 100 valence electrons. The van der Waals surface area contributed by atoms with E-state index >= 15 is 0 Å². The van der Waals surface area contributed by atoms with Crippen LogP contribution in [0.5, 0.6) is 0 Å². The van der Waals surface area contributed by atoms with Crippen LogP contribution >= 0.6 is 0 Å². The maximum atomic E-state index is 14.0. The van der Waals surface area contributed by atoms with Crippen molar-refractivity contribution in [2.24, 2.45) is 0 Å². The minimum absolute atomic E-state index is 0.284. The molecule has 1 nitrogen and oxygen atoms in total. The first kappa shape index (κ1) is 13.7. The van der Waals surface area contributed by atoms with Crippen LogP contribution in [0.1, 0.15) is 33.9 Å². The standard InChI is InChI=1S/C16H16F2O/c1-9-5-4-6-12(11(9)3)16(19)14-13(17)8-7-10(2)15(14)18/h4-8,16,19H,1-3H3. The topological polar surface area (TPSA) is 20.2 Å². The molecule has 2 aromatic carbocycles. The summed E-state index contributed by atoms with van der Waals surface area (Å²) < 4.78 is 27.8. The van der Waals surface area contributed by atoms with Crippen molar-refractivity contribution in [1.29, 1.82) is 0 Å². The molecular formula is C16H16F2O. The minimum Gasteiger partial charge on any atom is -0.383 e. The van der Waals surface area contributed by atoms with Gasteiger partial charge in [0.2, 0.25) is 0 Å². The fraction of sp³-hybridized carbons (Fsp3) is 0.250. The van der Waals surface area contributed by atoms with Crippen LogP contribution in [0, 0.1) is 32.4 Å². The van der Waals surface area contributed by atoms with Gasteiger partial charge in [-0.15, -0.1) is 0 Å². The molecule has 0 aliphatic rings. The first-order valence-electron chi connectivity index (χ1n) is 6.12. The summed E-state index contributed by atoms with van der Waals surface area (Å²) >= 11 is 0. The number of hydrogen-bond acceptors (Lipinski definition) is 1. The van der Waals surface area contributed by atoms with Gasteiger partial charge in [0.05, 0.1) is 5.56 Å². The van der Waals surface area contributed by atoms with Gasteiger partial charge in [-0.05, 0) is 49.1 Å². The van der Waals surface area contributed by atoms with Crippen molar-refractivity contribution in [2.75, 3.05) is 0 Å². The van der Waals surface area contributed by atoms with E-state index in [2.05, 4.69) is 0 Å². The largest absolute Gasteiger partial charge is 0.383 e. The lowest BCUT2D eigenvalue weighted by Gasteiger charge is -2.17. The highest BCUT2D eigenvalue weighted by molar-refractivity contribution is 5.41. The number of hydrogen-bond donors (Lipinski definition) is 1. The molecular weight excluding hydrogens is 246 g/mol. The lowest BCUT2D eigenvalue weighted by molar-refractivity contribution is 0.208. The first-order chi connectivity index (χ1) is 8.93. The minimum atomic E-state index is -1.29. The molecule has 0 aliphatic carbocycles. The molecule has 0 saturated carbocycles. The molecule has 0 bridgehead atoms. The molecule has 2 rings (SSSR count). The van der Waals surface area contributed by atoms with Crippen molar-refractivity contribution in [3.63, 3.8) is 0 Å². The van der Waals surface area contributed by atoms with E-state index in [-0.39, 0.29) is 5.56 Å². The Hall–Kier alpha value is -1.74. The van der Waals surface area contributed by atoms with Crippen LogP contribution in [-0.2, 0) is 0 Å². The molecule has 0 amide bonds. The Bertz CT molecular complexity index is 620. The van der Waals surface area contributed by atoms with Crippen molar-refractivity contribution in [2.45, 2.75) is 26.9 Å². The van der Waals surface area contributed by atoms with Crippen LogP contribution in [-0.4, -0.2) is 5.11 Å². The Labute approximate surface area is 111 Å². The van der Waals surface area contributed by atoms with Gasteiger partial charge in [-0.2, -0.15) is 0 Å². The Balaban J connectivity index is 2.59. The number of halogens is 2. The van der Waals surface area contributed by atoms with Crippen LogP contribution in [0.3, 0.4) is 0 Å². The number of aryl methyl sites for hydroxylation is 2. The molecule has 19 heavy (non-hydrogen) atoms. The summed E-state index contributed by atoms with van der Waals surface area (Å²) in [6, 6.07) is 7.90. The van der Waals surface area contributed by atoms with Crippen molar-refractivity contribution in [1.82, 2.24) is 0 Å². The van der Waals surface area contributed by atoms with E-state index < -0.39 is 17.7 Å². The maximum absolute atomic E-state index is 14.0. The highest BCUT2D eigenvalue weighted by atomic mass is 19.1. The van der Waals surface area contributed by atoms with Crippen LogP contribution in [0.15, 0.2) is 30.3 Å². The predicted molar refractivity (Wildman–Crippen MR) is 71.1 cm³/mol. The molecule has 0 saturated heterocycles. The van der Waals surface area contributed by atoms with E-state index in [0.717, 1.165) is 11.1 Å². The highest BCUT2D eigenvalue weighted by Crippen LogP contribution is 2.30. The van der Waals surface area contributed by atoms with Gasteiger partial charge in [0.1, 0.15) is 17.7 Å². The summed E-state index contributed by atoms with van der Waals surface area (Å²) in [7, 11) is 0. The summed E-state index contributed by atoms with van der Waals surface area (Å²) in [5, 5.41) is 10.3. The third-order valence-electron chi connectivity index (χ3n) is 3.53. The van der Waals surface area contributed by atoms with E-state index in [9.17, 15) is 13.9 Å². The average Bonchev–Trinajstić information content (AvgIpc) is 2.37. The normalized spacial score (nSPS) is 12.5. The molecule has 0 aromatic heterocycles. The number of rotatable bonds is 2. The van der Waals surface area contributed by atoms with E-state index in [1.165, 1.54) is 12.1 Å². The first-order valence-corrected chi connectivity index (χ1v) is 6.12. The quantitative estimate of drug-likeness (QED) is 0.868. The maximum Gasteiger partial charge on any atom is 0.135 e.